The number of carbonyl (C=O) groups is 1. The molecule has 4 rings (SSSR count). The van der Waals surface area contributed by atoms with Gasteiger partial charge in [-0.1, -0.05) is 17.3 Å². The Kier molecular flexibility index (Phi) is 5.61. The normalized spacial score (nSPS) is 14.5. The lowest BCUT2D eigenvalue weighted by atomic mass is 10.0. The van der Waals surface area contributed by atoms with Gasteiger partial charge in [0.1, 0.15) is 5.82 Å². The molecule has 0 radical (unpaired) electrons. The fourth-order valence-corrected chi connectivity index (χ4v) is 3.77. The van der Waals surface area contributed by atoms with Crippen molar-refractivity contribution >= 4 is 17.3 Å². The first-order chi connectivity index (χ1) is 14.9. The number of amides is 1. The predicted octanol–water partition coefficient (Wildman–Crippen LogP) is 3.06. The Morgan fingerprint density at radius 1 is 1.16 bits per heavy atom. The molecular weight excluding hydrogens is 403 g/mol. The van der Waals surface area contributed by atoms with Crippen LogP contribution in [0.15, 0.2) is 54.7 Å². The van der Waals surface area contributed by atoms with Crippen molar-refractivity contribution < 1.29 is 14.1 Å². The van der Waals surface area contributed by atoms with E-state index in [2.05, 4.69) is 15.2 Å². The fourth-order valence-electron chi connectivity index (χ4n) is 3.77. The molecule has 160 valence electrons. The average molecular weight is 424 g/mol. The SMILES string of the molecule is CN(C(=O)c1cn(-c2cccc([N+](=O)[O-])c2)nn1)C1CCN(c2cccc(F)c2)CC1. The highest BCUT2D eigenvalue weighted by Gasteiger charge is 2.27. The molecule has 0 saturated carbocycles. The fraction of sp³-hybridized carbons (Fsp3) is 0.286. The monoisotopic (exact) mass is 424 g/mol. The van der Waals surface area contributed by atoms with E-state index >= 15 is 0 Å². The maximum atomic E-state index is 13.5. The molecule has 10 heteroatoms. The van der Waals surface area contributed by atoms with Gasteiger partial charge in [-0.3, -0.25) is 14.9 Å². The van der Waals surface area contributed by atoms with Gasteiger partial charge in [-0.25, -0.2) is 9.07 Å². The maximum Gasteiger partial charge on any atom is 0.276 e. The van der Waals surface area contributed by atoms with Crippen molar-refractivity contribution in [1.29, 1.82) is 0 Å². The third kappa shape index (κ3) is 4.37. The van der Waals surface area contributed by atoms with Gasteiger partial charge >= 0.3 is 0 Å². The number of hydrogen-bond donors (Lipinski definition) is 0. The summed E-state index contributed by atoms with van der Waals surface area (Å²) in [6.45, 7) is 1.43. The van der Waals surface area contributed by atoms with Gasteiger partial charge < -0.3 is 9.80 Å². The molecule has 0 N–H and O–H groups in total. The van der Waals surface area contributed by atoms with Crippen molar-refractivity contribution in [3.05, 3.63) is 76.4 Å². The largest absolute Gasteiger partial charge is 0.371 e. The maximum absolute atomic E-state index is 13.5. The van der Waals surface area contributed by atoms with E-state index in [-0.39, 0.29) is 29.1 Å². The molecule has 1 aromatic heterocycles. The van der Waals surface area contributed by atoms with Crippen molar-refractivity contribution in [2.45, 2.75) is 18.9 Å². The second-order valence-electron chi connectivity index (χ2n) is 7.44. The van der Waals surface area contributed by atoms with Crippen LogP contribution in [0.2, 0.25) is 0 Å². The first-order valence-corrected chi connectivity index (χ1v) is 9.87. The summed E-state index contributed by atoms with van der Waals surface area (Å²) in [5, 5.41) is 18.9. The van der Waals surface area contributed by atoms with Crippen molar-refractivity contribution in [2.75, 3.05) is 25.0 Å². The zero-order chi connectivity index (χ0) is 22.0. The number of benzene rings is 2. The van der Waals surface area contributed by atoms with Gasteiger partial charge in [-0.05, 0) is 37.1 Å². The van der Waals surface area contributed by atoms with E-state index in [0.29, 0.717) is 18.8 Å². The van der Waals surface area contributed by atoms with Gasteiger partial charge in [0.05, 0.1) is 16.8 Å². The zero-order valence-electron chi connectivity index (χ0n) is 16.9. The topological polar surface area (TPSA) is 97.4 Å². The zero-order valence-corrected chi connectivity index (χ0v) is 16.9. The number of anilines is 1. The molecule has 0 unspecified atom stereocenters. The summed E-state index contributed by atoms with van der Waals surface area (Å²) in [7, 11) is 1.73. The van der Waals surface area contributed by atoms with Crippen molar-refractivity contribution in [3.8, 4) is 5.69 Å². The highest BCUT2D eigenvalue weighted by Crippen LogP contribution is 2.23. The highest BCUT2D eigenvalue weighted by atomic mass is 19.1. The molecule has 2 aromatic carbocycles. The molecule has 1 aliphatic heterocycles. The van der Waals surface area contributed by atoms with E-state index in [0.717, 1.165) is 18.5 Å². The first kappa shape index (κ1) is 20.5. The molecule has 2 heterocycles. The Hall–Kier alpha value is -3.82. The van der Waals surface area contributed by atoms with Gasteiger partial charge in [0, 0.05) is 44.0 Å². The number of carbonyl (C=O) groups excluding carboxylic acids is 1. The van der Waals surface area contributed by atoms with E-state index in [1.165, 1.54) is 35.1 Å². The van der Waals surface area contributed by atoms with E-state index < -0.39 is 4.92 Å². The Morgan fingerprint density at radius 2 is 1.87 bits per heavy atom. The lowest BCUT2D eigenvalue weighted by Crippen LogP contribution is -2.45. The molecule has 1 saturated heterocycles. The predicted molar refractivity (Wildman–Crippen MR) is 112 cm³/mol. The number of aromatic nitrogens is 3. The van der Waals surface area contributed by atoms with Crippen LogP contribution < -0.4 is 4.90 Å². The van der Waals surface area contributed by atoms with Gasteiger partial charge in [-0.15, -0.1) is 5.10 Å². The van der Waals surface area contributed by atoms with Crippen molar-refractivity contribution in [3.63, 3.8) is 0 Å². The number of halogens is 1. The molecule has 0 bridgehead atoms. The van der Waals surface area contributed by atoms with Gasteiger partial charge in [0.25, 0.3) is 11.6 Å². The molecule has 0 spiro atoms. The molecule has 31 heavy (non-hydrogen) atoms. The first-order valence-electron chi connectivity index (χ1n) is 9.87. The third-order valence-electron chi connectivity index (χ3n) is 5.52. The molecular formula is C21H21FN6O3. The van der Waals surface area contributed by atoms with E-state index in [1.807, 2.05) is 6.07 Å². The van der Waals surface area contributed by atoms with Gasteiger partial charge in [0.15, 0.2) is 5.69 Å². The van der Waals surface area contributed by atoms with Crippen LogP contribution in [0.3, 0.4) is 0 Å². The Morgan fingerprint density at radius 3 is 2.58 bits per heavy atom. The average Bonchev–Trinajstić information content (AvgIpc) is 3.29. The molecule has 9 nitrogen and oxygen atoms in total. The van der Waals surface area contributed by atoms with E-state index in [4.69, 9.17) is 0 Å². The second-order valence-corrected chi connectivity index (χ2v) is 7.44. The number of rotatable bonds is 5. The Labute approximate surface area is 177 Å². The van der Waals surface area contributed by atoms with Gasteiger partial charge in [-0.2, -0.15) is 0 Å². The van der Waals surface area contributed by atoms with Gasteiger partial charge in [0.2, 0.25) is 0 Å². The lowest BCUT2D eigenvalue weighted by Gasteiger charge is -2.37. The smallest absolute Gasteiger partial charge is 0.276 e. The number of nitro groups is 1. The van der Waals surface area contributed by atoms with E-state index in [9.17, 15) is 19.3 Å². The Balaban J connectivity index is 1.41. The molecule has 1 fully saturated rings. The minimum absolute atomic E-state index is 0.0280. The number of hydrogen-bond acceptors (Lipinski definition) is 6. The van der Waals surface area contributed by atoms with Crippen LogP contribution >= 0.6 is 0 Å². The number of piperidine rings is 1. The van der Waals surface area contributed by atoms with Crippen LogP contribution in [0.4, 0.5) is 15.8 Å². The summed E-state index contributed by atoms with van der Waals surface area (Å²) in [5.74, 6) is -0.528. The van der Waals surface area contributed by atoms with Crippen LogP contribution in [0.1, 0.15) is 23.3 Å². The summed E-state index contributed by atoms with van der Waals surface area (Å²) in [5.41, 5.74) is 1.39. The lowest BCUT2D eigenvalue weighted by molar-refractivity contribution is -0.384. The number of nitro benzene ring substituents is 1. The van der Waals surface area contributed by atoms with Crippen LogP contribution in [-0.2, 0) is 0 Å². The van der Waals surface area contributed by atoms with E-state index in [1.54, 1.807) is 30.1 Å². The molecule has 1 amide bonds. The number of nitrogens with zero attached hydrogens (tertiary/aromatic N) is 6. The number of non-ortho nitro benzene ring substituents is 1. The quantitative estimate of drug-likeness (QED) is 0.461. The molecule has 3 aromatic rings. The summed E-state index contributed by atoms with van der Waals surface area (Å²) in [6, 6.07) is 12.5. The molecule has 1 aliphatic rings. The Bertz CT molecular complexity index is 1110. The van der Waals surface area contributed by atoms with Crippen molar-refractivity contribution in [2.24, 2.45) is 0 Å². The van der Waals surface area contributed by atoms with Crippen LogP contribution in [-0.4, -0.2) is 56.9 Å². The second kappa shape index (κ2) is 8.50. The van der Waals surface area contributed by atoms with Crippen LogP contribution in [0.25, 0.3) is 5.69 Å². The third-order valence-corrected chi connectivity index (χ3v) is 5.52. The minimum Gasteiger partial charge on any atom is -0.371 e. The standard InChI is InChI=1S/C21H21FN6O3/c1-25(16-8-10-26(11-9-16)17-5-2-4-15(22)12-17)21(29)20-14-27(24-23-20)18-6-3-7-19(13-18)28(30)31/h2-7,12-14,16H,8-11H2,1H3. The minimum atomic E-state index is -0.490. The van der Waals surface area contributed by atoms with Crippen LogP contribution in [0.5, 0.6) is 0 Å². The summed E-state index contributed by atoms with van der Waals surface area (Å²) in [4.78, 5) is 27.1. The van der Waals surface area contributed by atoms with Crippen LogP contribution in [0, 0.1) is 15.9 Å². The summed E-state index contributed by atoms with van der Waals surface area (Å²) < 4.78 is 14.8. The highest BCUT2D eigenvalue weighted by molar-refractivity contribution is 5.92. The molecule has 0 aliphatic carbocycles. The summed E-state index contributed by atoms with van der Waals surface area (Å²) >= 11 is 0. The molecule has 0 atom stereocenters. The van der Waals surface area contributed by atoms with Crippen molar-refractivity contribution in [1.82, 2.24) is 19.9 Å². The summed E-state index contributed by atoms with van der Waals surface area (Å²) in [6.07, 6.45) is 2.97.